The Morgan fingerprint density at radius 3 is 1.40 bits per heavy atom. The molecule has 1 aromatic heterocycles. The summed E-state index contributed by atoms with van der Waals surface area (Å²) < 4.78 is 0. The number of pyridine rings is 1. The molecule has 2 aromatic rings. The highest BCUT2D eigenvalue weighted by Crippen LogP contribution is 1.86. The van der Waals surface area contributed by atoms with Crippen molar-refractivity contribution in [3.8, 4) is 0 Å². The third-order valence-corrected chi connectivity index (χ3v) is 1.48. The zero-order chi connectivity index (χ0) is 11.4. The molecule has 0 saturated carbocycles. The van der Waals surface area contributed by atoms with Gasteiger partial charge in [-0.1, -0.05) is 56.3 Å². The average Bonchev–Trinajstić information content (AvgIpc) is 2.36. The largest absolute Gasteiger partial charge is 0.262 e. The molecule has 1 aromatic carbocycles. The highest BCUT2D eigenvalue weighted by molar-refractivity contribution is 5.00. The predicted molar refractivity (Wildman–Crippen MR) is 66.8 cm³/mol. The van der Waals surface area contributed by atoms with Crippen molar-refractivity contribution in [3.05, 3.63) is 66.5 Å². The molecule has 0 radical (unpaired) electrons. The van der Waals surface area contributed by atoms with E-state index in [1.54, 1.807) is 6.20 Å². The van der Waals surface area contributed by atoms with Crippen molar-refractivity contribution in [2.24, 2.45) is 0 Å². The maximum atomic E-state index is 3.98. The number of nitrogens with zero attached hydrogens (tertiary/aromatic N) is 1. The zero-order valence-corrected chi connectivity index (χ0v) is 9.72. The quantitative estimate of drug-likeness (QED) is 0.625. The lowest BCUT2D eigenvalue weighted by Gasteiger charge is -1.82. The van der Waals surface area contributed by atoms with Crippen LogP contribution >= 0.6 is 0 Å². The van der Waals surface area contributed by atoms with Crippen LogP contribution in [0.25, 0.3) is 0 Å². The molecule has 2 rings (SSSR count). The molecule has 0 unspecified atom stereocenters. The van der Waals surface area contributed by atoms with Gasteiger partial charge in [-0.15, -0.1) is 0 Å². The maximum Gasteiger partial charge on any atom is 0.0372 e. The molecule has 0 spiro atoms. The van der Waals surface area contributed by atoms with Crippen LogP contribution in [0.15, 0.2) is 60.8 Å². The predicted octanol–water partition coefficient (Wildman–Crippen LogP) is 4.10. The van der Waals surface area contributed by atoms with Gasteiger partial charge < -0.3 is 0 Å². The minimum absolute atomic E-state index is 1.07. The van der Waals surface area contributed by atoms with Gasteiger partial charge in [-0.25, -0.2) is 0 Å². The molecule has 15 heavy (non-hydrogen) atoms. The highest BCUT2D eigenvalue weighted by atomic mass is 14.6. The van der Waals surface area contributed by atoms with E-state index < -0.39 is 0 Å². The second-order valence-electron chi connectivity index (χ2n) is 2.63. The van der Waals surface area contributed by atoms with E-state index >= 15 is 0 Å². The first-order chi connectivity index (χ1) is 7.39. The van der Waals surface area contributed by atoms with Crippen LogP contribution in [0.4, 0.5) is 0 Å². The normalized spacial score (nSPS) is 7.67. The SMILES string of the molecule is CC.Cc1ccccn1.c1ccccc1. The van der Waals surface area contributed by atoms with E-state index in [1.807, 2.05) is 75.4 Å². The summed E-state index contributed by atoms with van der Waals surface area (Å²) in [7, 11) is 0. The molecular weight excluding hydrogens is 182 g/mol. The van der Waals surface area contributed by atoms with Crippen LogP contribution in [0.3, 0.4) is 0 Å². The molecular formula is C14H19N. The fourth-order valence-electron chi connectivity index (χ4n) is 0.833. The molecule has 0 aliphatic heterocycles. The number of aryl methyl sites for hydroxylation is 1. The van der Waals surface area contributed by atoms with Crippen molar-refractivity contribution in [2.45, 2.75) is 20.8 Å². The van der Waals surface area contributed by atoms with Gasteiger partial charge in [0.1, 0.15) is 0 Å². The van der Waals surface area contributed by atoms with Gasteiger partial charge in [-0.05, 0) is 19.1 Å². The second-order valence-corrected chi connectivity index (χ2v) is 2.63. The van der Waals surface area contributed by atoms with Gasteiger partial charge in [0, 0.05) is 11.9 Å². The van der Waals surface area contributed by atoms with Crippen molar-refractivity contribution in [2.75, 3.05) is 0 Å². The van der Waals surface area contributed by atoms with Crippen LogP contribution in [-0.2, 0) is 0 Å². The summed E-state index contributed by atoms with van der Waals surface area (Å²) in [6, 6.07) is 17.9. The fraction of sp³-hybridized carbons (Fsp3) is 0.214. The Morgan fingerprint density at radius 1 is 0.733 bits per heavy atom. The molecule has 1 heterocycles. The molecule has 0 N–H and O–H groups in total. The van der Waals surface area contributed by atoms with Gasteiger partial charge >= 0.3 is 0 Å². The van der Waals surface area contributed by atoms with Crippen LogP contribution in [0.5, 0.6) is 0 Å². The summed E-state index contributed by atoms with van der Waals surface area (Å²) in [5, 5.41) is 0. The molecule has 0 atom stereocenters. The van der Waals surface area contributed by atoms with Gasteiger partial charge in [0.2, 0.25) is 0 Å². The highest BCUT2D eigenvalue weighted by Gasteiger charge is 1.73. The molecule has 1 heteroatoms. The van der Waals surface area contributed by atoms with Crippen LogP contribution in [0.2, 0.25) is 0 Å². The van der Waals surface area contributed by atoms with Crippen molar-refractivity contribution in [3.63, 3.8) is 0 Å². The monoisotopic (exact) mass is 201 g/mol. The summed E-state index contributed by atoms with van der Waals surface area (Å²) in [6.07, 6.45) is 1.79. The smallest absolute Gasteiger partial charge is 0.0372 e. The Kier molecular flexibility index (Phi) is 9.32. The number of hydrogen-bond acceptors (Lipinski definition) is 1. The van der Waals surface area contributed by atoms with Gasteiger partial charge in [0.25, 0.3) is 0 Å². The third-order valence-electron chi connectivity index (χ3n) is 1.48. The number of rotatable bonds is 0. The molecule has 0 saturated heterocycles. The van der Waals surface area contributed by atoms with Crippen LogP contribution < -0.4 is 0 Å². The van der Waals surface area contributed by atoms with Crippen LogP contribution in [0, 0.1) is 6.92 Å². The first-order valence-corrected chi connectivity index (χ1v) is 5.27. The maximum absolute atomic E-state index is 3.98. The van der Waals surface area contributed by atoms with E-state index in [0.29, 0.717) is 0 Å². The van der Waals surface area contributed by atoms with Gasteiger partial charge in [-0.3, -0.25) is 4.98 Å². The van der Waals surface area contributed by atoms with Gasteiger partial charge in [0.15, 0.2) is 0 Å². The summed E-state index contributed by atoms with van der Waals surface area (Å²) in [6.45, 7) is 5.97. The first kappa shape index (κ1) is 13.4. The number of hydrogen-bond donors (Lipinski definition) is 0. The lowest BCUT2D eigenvalue weighted by Crippen LogP contribution is -1.72. The van der Waals surface area contributed by atoms with E-state index in [1.165, 1.54) is 0 Å². The lowest BCUT2D eigenvalue weighted by atomic mass is 10.4. The third kappa shape index (κ3) is 8.69. The zero-order valence-electron chi connectivity index (χ0n) is 9.72. The fourth-order valence-corrected chi connectivity index (χ4v) is 0.833. The van der Waals surface area contributed by atoms with Crippen molar-refractivity contribution >= 4 is 0 Å². The van der Waals surface area contributed by atoms with Crippen molar-refractivity contribution < 1.29 is 0 Å². The van der Waals surface area contributed by atoms with Crippen molar-refractivity contribution in [1.29, 1.82) is 0 Å². The second kappa shape index (κ2) is 10.5. The number of benzene rings is 1. The summed E-state index contributed by atoms with van der Waals surface area (Å²) in [4.78, 5) is 3.98. The minimum atomic E-state index is 1.07. The number of aromatic nitrogens is 1. The Balaban J connectivity index is 0.000000227. The topological polar surface area (TPSA) is 12.9 Å². The van der Waals surface area contributed by atoms with Crippen LogP contribution in [-0.4, -0.2) is 4.98 Å². The molecule has 0 aliphatic carbocycles. The van der Waals surface area contributed by atoms with E-state index in [4.69, 9.17) is 0 Å². The van der Waals surface area contributed by atoms with E-state index in [2.05, 4.69) is 4.98 Å². The summed E-state index contributed by atoms with van der Waals surface area (Å²) in [5.41, 5.74) is 1.07. The molecule has 0 amide bonds. The van der Waals surface area contributed by atoms with Gasteiger partial charge in [0.05, 0.1) is 0 Å². The average molecular weight is 201 g/mol. The molecule has 0 aliphatic rings. The molecule has 0 bridgehead atoms. The van der Waals surface area contributed by atoms with Gasteiger partial charge in [-0.2, -0.15) is 0 Å². The molecule has 0 fully saturated rings. The molecule has 1 nitrogen and oxygen atoms in total. The summed E-state index contributed by atoms with van der Waals surface area (Å²) in [5.74, 6) is 0. The van der Waals surface area contributed by atoms with E-state index in [-0.39, 0.29) is 0 Å². The van der Waals surface area contributed by atoms with E-state index in [0.717, 1.165) is 5.69 Å². The standard InChI is InChI=1S/C6H7N.C6H6.C2H6/c1-6-4-2-3-5-7-6;1-2-4-6-5-3-1;1-2/h2-5H,1H3;1-6H;1-2H3. The Labute approximate surface area is 92.8 Å². The summed E-state index contributed by atoms with van der Waals surface area (Å²) >= 11 is 0. The Bertz CT molecular complexity index is 276. The van der Waals surface area contributed by atoms with Crippen LogP contribution in [0.1, 0.15) is 19.5 Å². The Morgan fingerprint density at radius 2 is 1.20 bits per heavy atom. The Hall–Kier alpha value is -1.63. The minimum Gasteiger partial charge on any atom is -0.262 e. The lowest BCUT2D eigenvalue weighted by molar-refractivity contribution is 1.20. The molecule has 80 valence electrons. The first-order valence-electron chi connectivity index (χ1n) is 5.27. The van der Waals surface area contributed by atoms with E-state index in [9.17, 15) is 0 Å². The van der Waals surface area contributed by atoms with Crippen molar-refractivity contribution in [1.82, 2.24) is 4.98 Å².